The minimum absolute atomic E-state index is 0.155. The number of nitrogens with zero attached hydrogens (tertiary/aromatic N) is 1. The third-order valence-corrected chi connectivity index (χ3v) is 6.03. The quantitative estimate of drug-likeness (QED) is 0.748. The average molecular weight is 417 g/mol. The molecule has 0 fully saturated rings. The fourth-order valence-corrected chi connectivity index (χ4v) is 4.31. The molecule has 2 aromatic rings. The molecule has 9 heteroatoms. The number of hydrogen-bond donors (Lipinski definition) is 2. The van der Waals surface area contributed by atoms with E-state index in [2.05, 4.69) is 15.0 Å². The summed E-state index contributed by atoms with van der Waals surface area (Å²) >= 11 is 0. The van der Waals surface area contributed by atoms with Crippen LogP contribution in [0.2, 0.25) is 0 Å². The second-order valence-corrected chi connectivity index (χ2v) is 8.24. The summed E-state index contributed by atoms with van der Waals surface area (Å²) in [6, 6.07) is 10.7. The number of ether oxygens (including phenoxy) is 2. The lowest BCUT2D eigenvalue weighted by atomic mass is 10.1. The third kappa shape index (κ3) is 4.19. The van der Waals surface area contributed by atoms with Gasteiger partial charge >= 0.3 is 0 Å². The van der Waals surface area contributed by atoms with E-state index in [0.29, 0.717) is 17.1 Å². The largest absolute Gasteiger partial charge is 0.497 e. The van der Waals surface area contributed by atoms with Crippen LogP contribution in [0, 0.1) is 0 Å². The molecule has 2 aromatic carbocycles. The third-order valence-electron chi connectivity index (χ3n) is 4.63. The summed E-state index contributed by atoms with van der Waals surface area (Å²) in [6.07, 6.45) is 0. The highest BCUT2D eigenvalue weighted by Crippen LogP contribution is 2.29. The maximum Gasteiger partial charge on any atom is 0.263 e. The molecule has 154 valence electrons. The predicted octanol–water partition coefficient (Wildman–Crippen LogP) is 2.01. The smallest absolute Gasteiger partial charge is 0.263 e. The monoisotopic (exact) mass is 417 g/mol. The summed E-state index contributed by atoms with van der Waals surface area (Å²) in [7, 11) is -0.537. The number of benzene rings is 2. The van der Waals surface area contributed by atoms with Gasteiger partial charge in [0.2, 0.25) is 5.91 Å². The van der Waals surface area contributed by atoms with E-state index < -0.39 is 16.1 Å². The summed E-state index contributed by atoms with van der Waals surface area (Å²) in [4.78, 5) is 17.1. The van der Waals surface area contributed by atoms with E-state index in [1.807, 2.05) is 13.0 Å². The Morgan fingerprint density at radius 2 is 1.83 bits per heavy atom. The van der Waals surface area contributed by atoms with Crippen LogP contribution in [0.1, 0.15) is 31.0 Å². The zero-order chi connectivity index (χ0) is 21.2. The molecule has 2 atom stereocenters. The molecule has 8 nitrogen and oxygen atoms in total. The Morgan fingerprint density at radius 1 is 1.10 bits per heavy atom. The number of carbonyl (C=O) groups excluding carboxylic acids is 1. The number of carbonyl (C=O) groups is 1. The number of rotatable bonds is 6. The highest BCUT2D eigenvalue weighted by atomic mass is 32.2. The van der Waals surface area contributed by atoms with Gasteiger partial charge in [0.1, 0.15) is 23.4 Å². The molecule has 0 aliphatic carbocycles. The fraction of sp³-hybridized carbons (Fsp3) is 0.300. The molecule has 1 heterocycles. The van der Waals surface area contributed by atoms with Crippen molar-refractivity contribution >= 4 is 21.8 Å². The number of hydrogen-bond acceptors (Lipinski definition) is 6. The molecule has 0 saturated heterocycles. The van der Waals surface area contributed by atoms with E-state index in [1.54, 1.807) is 51.5 Å². The van der Waals surface area contributed by atoms with Crippen LogP contribution >= 0.6 is 0 Å². The molecule has 2 N–H and O–H groups in total. The van der Waals surface area contributed by atoms with Crippen LogP contribution in [0.15, 0.2) is 52.4 Å². The van der Waals surface area contributed by atoms with Crippen molar-refractivity contribution in [2.75, 3.05) is 14.2 Å². The van der Waals surface area contributed by atoms with Crippen LogP contribution in [-0.2, 0) is 14.8 Å². The normalized spacial score (nSPS) is 17.7. The van der Waals surface area contributed by atoms with Crippen molar-refractivity contribution in [1.29, 1.82) is 0 Å². The molecule has 29 heavy (non-hydrogen) atoms. The molecule has 1 aliphatic rings. The number of sulfonamides is 1. The first kappa shape index (κ1) is 20.7. The average Bonchev–Trinajstić information content (AvgIpc) is 2.97. The molecule has 0 saturated carbocycles. The number of aliphatic imine (C=N–C) groups is 1. The Kier molecular flexibility index (Phi) is 5.78. The van der Waals surface area contributed by atoms with Gasteiger partial charge < -0.3 is 14.8 Å². The maximum absolute atomic E-state index is 12.6. The van der Waals surface area contributed by atoms with Gasteiger partial charge in [-0.1, -0.05) is 12.1 Å². The van der Waals surface area contributed by atoms with Crippen molar-refractivity contribution in [2.45, 2.75) is 30.8 Å². The summed E-state index contributed by atoms with van der Waals surface area (Å²) in [5.41, 5.74) is 1.24. The van der Waals surface area contributed by atoms with Gasteiger partial charge in [0.05, 0.1) is 25.2 Å². The van der Waals surface area contributed by atoms with Crippen molar-refractivity contribution in [2.24, 2.45) is 4.99 Å². The maximum atomic E-state index is 12.6. The van der Waals surface area contributed by atoms with Crippen LogP contribution in [0.25, 0.3) is 0 Å². The molecular weight excluding hydrogens is 394 g/mol. The lowest BCUT2D eigenvalue weighted by Gasteiger charge is -2.19. The van der Waals surface area contributed by atoms with Crippen molar-refractivity contribution in [3.8, 4) is 11.5 Å². The van der Waals surface area contributed by atoms with Crippen LogP contribution in [0.5, 0.6) is 11.5 Å². The van der Waals surface area contributed by atoms with Crippen LogP contribution in [0.3, 0.4) is 0 Å². The van der Waals surface area contributed by atoms with Crippen molar-refractivity contribution in [3.05, 3.63) is 53.6 Å². The van der Waals surface area contributed by atoms with Crippen LogP contribution in [0.4, 0.5) is 0 Å². The molecule has 1 amide bonds. The highest BCUT2D eigenvalue weighted by molar-refractivity contribution is 7.90. The Hall–Kier alpha value is -3.07. The Morgan fingerprint density at radius 3 is 2.52 bits per heavy atom. The van der Waals surface area contributed by atoms with Gasteiger partial charge in [-0.15, -0.1) is 0 Å². The molecule has 3 rings (SSSR count). The van der Waals surface area contributed by atoms with Gasteiger partial charge in [-0.25, -0.2) is 8.42 Å². The first-order chi connectivity index (χ1) is 13.8. The van der Waals surface area contributed by atoms with Crippen LogP contribution in [-0.4, -0.2) is 40.4 Å². The number of fused-ring (bicyclic) bond motifs is 1. The van der Waals surface area contributed by atoms with Crippen LogP contribution < -0.4 is 19.5 Å². The van der Waals surface area contributed by atoms with Gasteiger partial charge in [-0.05, 0) is 38.1 Å². The standard InChI is InChI=1S/C20H23N3O5S/c1-12(15-10-9-14(27-3)11-17(15)28-4)22-20(24)13(2)21-19-16-7-5-6-8-18(16)29(25,26)23-19/h5-13H,1-4H3,(H,21,23)(H,22,24)/t12?,13-/m0/s1. The van der Waals surface area contributed by atoms with E-state index in [9.17, 15) is 13.2 Å². The number of nitrogens with one attached hydrogen (secondary N) is 2. The molecular formula is C20H23N3O5S. The molecule has 1 unspecified atom stereocenters. The van der Waals surface area contributed by atoms with Gasteiger partial charge in [0, 0.05) is 17.2 Å². The SMILES string of the molecule is COc1ccc(C(C)NC(=O)[C@H](C)N=C2NS(=O)(=O)c3ccccc32)c(OC)c1. The minimum Gasteiger partial charge on any atom is -0.497 e. The topological polar surface area (TPSA) is 106 Å². The van der Waals surface area contributed by atoms with Gasteiger partial charge in [-0.3, -0.25) is 14.5 Å². The molecule has 0 spiro atoms. The second kappa shape index (κ2) is 8.12. The number of amides is 1. The Labute approximate surface area is 170 Å². The number of amidine groups is 1. The Bertz CT molecular complexity index is 1070. The molecule has 0 radical (unpaired) electrons. The van der Waals surface area contributed by atoms with Crippen molar-refractivity contribution < 1.29 is 22.7 Å². The summed E-state index contributed by atoms with van der Waals surface area (Å²) in [6.45, 7) is 3.44. The summed E-state index contributed by atoms with van der Waals surface area (Å²) in [5.74, 6) is 1.06. The first-order valence-corrected chi connectivity index (χ1v) is 10.5. The Balaban J connectivity index is 1.77. The summed E-state index contributed by atoms with van der Waals surface area (Å²) < 4.78 is 37.3. The zero-order valence-electron chi connectivity index (χ0n) is 16.6. The highest BCUT2D eigenvalue weighted by Gasteiger charge is 2.31. The van der Waals surface area contributed by atoms with Crippen molar-refractivity contribution in [1.82, 2.24) is 10.0 Å². The van der Waals surface area contributed by atoms with E-state index >= 15 is 0 Å². The second-order valence-electron chi connectivity index (χ2n) is 6.59. The molecule has 1 aliphatic heterocycles. The molecule has 0 aromatic heterocycles. The predicted molar refractivity (Wildman–Crippen MR) is 109 cm³/mol. The first-order valence-electron chi connectivity index (χ1n) is 8.99. The fourth-order valence-electron chi connectivity index (χ4n) is 3.07. The lowest BCUT2D eigenvalue weighted by Crippen LogP contribution is -2.35. The van der Waals surface area contributed by atoms with E-state index in [4.69, 9.17) is 9.47 Å². The lowest BCUT2D eigenvalue weighted by molar-refractivity contribution is -0.122. The van der Waals surface area contributed by atoms with E-state index in [0.717, 1.165) is 5.56 Å². The minimum atomic E-state index is -3.65. The zero-order valence-corrected chi connectivity index (χ0v) is 17.4. The van der Waals surface area contributed by atoms with E-state index in [1.165, 1.54) is 6.07 Å². The van der Waals surface area contributed by atoms with Gasteiger partial charge in [0.25, 0.3) is 10.0 Å². The molecule has 0 bridgehead atoms. The van der Waals surface area contributed by atoms with Gasteiger partial charge in [0.15, 0.2) is 0 Å². The number of methoxy groups -OCH3 is 2. The van der Waals surface area contributed by atoms with Gasteiger partial charge in [-0.2, -0.15) is 0 Å². The van der Waals surface area contributed by atoms with Crippen molar-refractivity contribution in [3.63, 3.8) is 0 Å². The van der Waals surface area contributed by atoms with E-state index in [-0.39, 0.29) is 22.7 Å². The summed E-state index contributed by atoms with van der Waals surface area (Å²) in [5, 5.41) is 2.88.